The van der Waals surface area contributed by atoms with Crippen LogP contribution >= 0.6 is 11.8 Å². The standard InChI is InChI=1S/C18H24N2S/c19-14-18(20-16-10-11-16,15-6-2-1-3-7-15)12-13-21-17-8-4-5-9-17/h1-3,6-7,16-17,20H,4-5,8-13H2. The first-order chi connectivity index (χ1) is 10.3. The van der Waals surface area contributed by atoms with E-state index < -0.39 is 5.54 Å². The molecule has 1 N–H and O–H groups in total. The zero-order valence-corrected chi connectivity index (χ0v) is 13.4. The van der Waals surface area contributed by atoms with Crippen LogP contribution in [0.1, 0.15) is 50.5 Å². The molecule has 2 saturated carbocycles. The Morgan fingerprint density at radius 1 is 1.14 bits per heavy atom. The fourth-order valence-electron chi connectivity index (χ4n) is 3.19. The van der Waals surface area contributed by atoms with Crippen LogP contribution in [0.5, 0.6) is 0 Å². The van der Waals surface area contributed by atoms with Gasteiger partial charge in [0.1, 0.15) is 5.54 Å². The molecule has 1 aromatic rings. The molecule has 0 aromatic heterocycles. The van der Waals surface area contributed by atoms with E-state index in [9.17, 15) is 5.26 Å². The van der Waals surface area contributed by atoms with Gasteiger partial charge in [-0.25, -0.2) is 0 Å². The highest BCUT2D eigenvalue weighted by Gasteiger charge is 2.37. The molecule has 0 radical (unpaired) electrons. The first kappa shape index (κ1) is 14.9. The van der Waals surface area contributed by atoms with Crippen molar-refractivity contribution in [3.63, 3.8) is 0 Å². The van der Waals surface area contributed by atoms with Crippen molar-refractivity contribution in [2.75, 3.05) is 5.75 Å². The third-order valence-corrected chi connectivity index (χ3v) is 6.00. The molecule has 21 heavy (non-hydrogen) atoms. The Morgan fingerprint density at radius 2 is 1.86 bits per heavy atom. The number of nitrogens with zero attached hydrogens (tertiary/aromatic N) is 1. The van der Waals surface area contributed by atoms with Gasteiger partial charge in [-0.05, 0) is 43.4 Å². The molecule has 0 aliphatic heterocycles. The molecule has 2 aliphatic carbocycles. The van der Waals surface area contributed by atoms with Crippen molar-refractivity contribution in [1.29, 1.82) is 5.26 Å². The number of nitrogens with one attached hydrogen (secondary N) is 1. The molecule has 112 valence electrons. The first-order valence-electron chi connectivity index (χ1n) is 8.18. The van der Waals surface area contributed by atoms with Gasteiger partial charge in [0.15, 0.2) is 0 Å². The Labute approximate surface area is 132 Å². The summed E-state index contributed by atoms with van der Waals surface area (Å²) in [7, 11) is 0. The van der Waals surface area contributed by atoms with Crippen LogP contribution in [0.15, 0.2) is 30.3 Å². The average Bonchev–Trinajstić information content (AvgIpc) is 3.19. The van der Waals surface area contributed by atoms with Crippen molar-refractivity contribution in [3.8, 4) is 6.07 Å². The SMILES string of the molecule is N#CC(CCSC1CCCC1)(NC1CC1)c1ccccc1. The Morgan fingerprint density at radius 3 is 2.48 bits per heavy atom. The van der Waals surface area contributed by atoms with Gasteiger partial charge in [0.05, 0.1) is 6.07 Å². The molecule has 0 spiro atoms. The van der Waals surface area contributed by atoms with Gasteiger partial charge in [-0.1, -0.05) is 43.2 Å². The molecular weight excluding hydrogens is 276 g/mol. The molecule has 1 unspecified atom stereocenters. The average molecular weight is 300 g/mol. The topological polar surface area (TPSA) is 35.8 Å². The highest BCUT2D eigenvalue weighted by Crippen LogP contribution is 2.35. The third kappa shape index (κ3) is 3.81. The van der Waals surface area contributed by atoms with Crippen LogP contribution in [0, 0.1) is 11.3 Å². The minimum absolute atomic E-state index is 0.492. The molecule has 2 fully saturated rings. The maximum atomic E-state index is 9.88. The van der Waals surface area contributed by atoms with Gasteiger partial charge in [-0.2, -0.15) is 17.0 Å². The predicted molar refractivity (Wildman–Crippen MR) is 89.2 cm³/mol. The van der Waals surface area contributed by atoms with Crippen molar-refractivity contribution >= 4 is 11.8 Å². The summed E-state index contributed by atoms with van der Waals surface area (Å²) in [6.45, 7) is 0. The normalized spacial score (nSPS) is 21.9. The molecule has 0 amide bonds. The van der Waals surface area contributed by atoms with E-state index in [2.05, 4.69) is 35.3 Å². The van der Waals surface area contributed by atoms with Gasteiger partial charge in [0.2, 0.25) is 0 Å². The van der Waals surface area contributed by atoms with E-state index in [4.69, 9.17) is 0 Å². The van der Waals surface area contributed by atoms with Crippen LogP contribution in [0.25, 0.3) is 0 Å². The largest absolute Gasteiger partial charge is 0.293 e. The lowest BCUT2D eigenvalue weighted by Crippen LogP contribution is -2.43. The summed E-state index contributed by atoms with van der Waals surface area (Å²) in [5, 5.41) is 14.3. The van der Waals surface area contributed by atoms with Crippen molar-refractivity contribution in [1.82, 2.24) is 5.32 Å². The summed E-state index contributed by atoms with van der Waals surface area (Å²) in [5.74, 6) is 1.08. The molecule has 1 aromatic carbocycles. The maximum absolute atomic E-state index is 9.88. The molecule has 2 aliphatic rings. The maximum Gasteiger partial charge on any atom is 0.133 e. The predicted octanol–water partition coefficient (Wildman–Crippen LogP) is 4.22. The zero-order chi connectivity index (χ0) is 14.5. The Balaban J connectivity index is 1.67. The van der Waals surface area contributed by atoms with E-state index in [0.717, 1.165) is 23.0 Å². The smallest absolute Gasteiger partial charge is 0.133 e. The third-order valence-electron chi connectivity index (χ3n) is 4.62. The van der Waals surface area contributed by atoms with Crippen LogP contribution in [-0.4, -0.2) is 17.0 Å². The minimum Gasteiger partial charge on any atom is -0.293 e. The quantitative estimate of drug-likeness (QED) is 0.819. The van der Waals surface area contributed by atoms with Gasteiger partial charge >= 0.3 is 0 Å². The number of hydrogen-bond donors (Lipinski definition) is 1. The van der Waals surface area contributed by atoms with E-state index in [-0.39, 0.29) is 0 Å². The fourth-order valence-corrected chi connectivity index (χ4v) is 4.61. The lowest BCUT2D eigenvalue weighted by Gasteiger charge is -2.29. The Kier molecular flexibility index (Phi) is 4.87. The van der Waals surface area contributed by atoms with E-state index in [1.54, 1.807) is 0 Å². The molecule has 0 bridgehead atoms. The molecule has 0 saturated heterocycles. The van der Waals surface area contributed by atoms with Crippen molar-refractivity contribution < 1.29 is 0 Å². The summed E-state index contributed by atoms with van der Waals surface area (Å²) < 4.78 is 0. The number of rotatable bonds is 7. The van der Waals surface area contributed by atoms with Crippen LogP contribution < -0.4 is 5.32 Å². The first-order valence-corrected chi connectivity index (χ1v) is 9.23. The van der Waals surface area contributed by atoms with Crippen molar-refractivity contribution in [2.45, 2.75) is 61.8 Å². The monoisotopic (exact) mass is 300 g/mol. The Hall–Kier alpha value is -0.980. The lowest BCUT2D eigenvalue weighted by atomic mass is 9.88. The molecule has 1 atom stereocenters. The fraction of sp³-hybridized carbons (Fsp3) is 0.611. The zero-order valence-electron chi connectivity index (χ0n) is 12.6. The van der Waals surface area contributed by atoms with Crippen LogP contribution in [0.3, 0.4) is 0 Å². The van der Waals surface area contributed by atoms with E-state index in [1.807, 2.05) is 18.2 Å². The van der Waals surface area contributed by atoms with E-state index in [0.29, 0.717) is 6.04 Å². The molecular formula is C18H24N2S. The Bertz CT molecular complexity index is 486. The van der Waals surface area contributed by atoms with Crippen LogP contribution in [0.4, 0.5) is 0 Å². The molecule has 3 rings (SSSR count). The summed E-state index contributed by atoms with van der Waals surface area (Å²) >= 11 is 2.08. The van der Waals surface area contributed by atoms with Gasteiger partial charge in [0.25, 0.3) is 0 Å². The number of thioether (sulfide) groups is 1. The summed E-state index contributed by atoms with van der Waals surface area (Å²) in [4.78, 5) is 0. The van der Waals surface area contributed by atoms with E-state index in [1.165, 1.54) is 38.5 Å². The molecule has 0 heterocycles. The van der Waals surface area contributed by atoms with Crippen LogP contribution in [0.2, 0.25) is 0 Å². The summed E-state index contributed by atoms with van der Waals surface area (Å²) in [5.41, 5.74) is 0.639. The van der Waals surface area contributed by atoms with Gasteiger partial charge in [0, 0.05) is 11.3 Å². The minimum atomic E-state index is -0.492. The number of benzene rings is 1. The van der Waals surface area contributed by atoms with Crippen LogP contribution in [-0.2, 0) is 5.54 Å². The molecule has 2 nitrogen and oxygen atoms in total. The van der Waals surface area contributed by atoms with Gasteiger partial charge in [-0.3, -0.25) is 5.32 Å². The number of hydrogen-bond acceptors (Lipinski definition) is 3. The highest BCUT2D eigenvalue weighted by atomic mass is 32.2. The second-order valence-corrected chi connectivity index (χ2v) is 7.74. The lowest BCUT2D eigenvalue weighted by molar-refractivity contribution is 0.412. The summed E-state index contributed by atoms with van der Waals surface area (Å²) in [6.07, 6.45) is 8.85. The number of nitriles is 1. The van der Waals surface area contributed by atoms with Gasteiger partial charge < -0.3 is 0 Å². The van der Waals surface area contributed by atoms with E-state index >= 15 is 0 Å². The summed E-state index contributed by atoms with van der Waals surface area (Å²) in [6, 6.07) is 13.4. The second-order valence-electron chi connectivity index (χ2n) is 6.33. The van der Waals surface area contributed by atoms with Crippen molar-refractivity contribution in [2.24, 2.45) is 0 Å². The van der Waals surface area contributed by atoms with Gasteiger partial charge in [-0.15, -0.1) is 0 Å². The van der Waals surface area contributed by atoms with Crippen molar-refractivity contribution in [3.05, 3.63) is 35.9 Å². The highest BCUT2D eigenvalue weighted by molar-refractivity contribution is 7.99. The second kappa shape index (κ2) is 6.85. The molecule has 3 heteroatoms.